The molecule has 0 spiro atoms. The number of carbonyl (C=O) groups excluding carboxylic acids is 1. The number of aromatic nitrogens is 2. The molecule has 1 aliphatic rings. The molecule has 1 saturated heterocycles. The number of carbonyl (C=O) groups is 1. The Morgan fingerprint density at radius 3 is 2.83 bits per heavy atom. The fourth-order valence-electron chi connectivity index (χ4n) is 2.67. The Kier molecular flexibility index (Phi) is 6.20. The van der Waals surface area contributed by atoms with Crippen molar-refractivity contribution in [1.82, 2.24) is 14.9 Å². The fraction of sp³-hybridized carbons (Fsp3) is 0.688. The zero-order valence-corrected chi connectivity index (χ0v) is 16.4. The second kappa shape index (κ2) is 7.78. The monoisotopic (exact) mass is 372 g/mol. The predicted octanol–water partition coefficient (Wildman–Crippen LogP) is 3.69. The minimum absolute atomic E-state index is 0.108. The fourth-order valence-corrected chi connectivity index (χ4v) is 3.27. The molecular weight excluding hydrogens is 348 g/mol. The van der Waals surface area contributed by atoms with Crippen LogP contribution in [0.2, 0.25) is 5.15 Å². The lowest BCUT2D eigenvalue weighted by Crippen LogP contribution is -2.44. The van der Waals surface area contributed by atoms with Gasteiger partial charge in [0.1, 0.15) is 16.6 Å². The average molecular weight is 373 g/mol. The summed E-state index contributed by atoms with van der Waals surface area (Å²) < 4.78 is 5.51. The molecule has 24 heavy (non-hydrogen) atoms. The largest absolute Gasteiger partial charge is 0.444 e. The van der Waals surface area contributed by atoms with Gasteiger partial charge in [0.15, 0.2) is 5.16 Å². The number of halogens is 1. The number of nitrogens with zero attached hydrogens (tertiary/aromatic N) is 4. The van der Waals surface area contributed by atoms with Gasteiger partial charge in [0.25, 0.3) is 0 Å². The normalized spacial score (nSPS) is 17.9. The molecule has 1 aliphatic heterocycles. The van der Waals surface area contributed by atoms with Gasteiger partial charge in [-0.3, -0.25) is 0 Å². The third kappa shape index (κ3) is 5.14. The Morgan fingerprint density at radius 2 is 2.21 bits per heavy atom. The molecule has 0 saturated carbocycles. The quantitative estimate of drug-likeness (QED) is 0.456. The molecule has 0 N–H and O–H groups in total. The lowest BCUT2D eigenvalue weighted by atomic mass is 10.2. The van der Waals surface area contributed by atoms with Gasteiger partial charge in [0, 0.05) is 26.2 Å². The predicted molar refractivity (Wildman–Crippen MR) is 98.1 cm³/mol. The van der Waals surface area contributed by atoms with Crippen LogP contribution in [-0.2, 0) is 4.74 Å². The summed E-state index contributed by atoms with van der Waals surface area (Å²) in [5.74, 6) is 0.760. The van der Waals surface area contributed by atoms with E-state index in [4.69, 9.17) is 16.3 Å². The molecule has 1 amide bonds. The summed E-state index contributed by atoms with van der Waals surface area (Å²) in [5.41, 5.74) is -0.483. The number of likely N-dealkylation sites (N-methyl/N-ethyl adjacent to an activating group) is 1. The first-order chi connectivity index (χ1) is 11.2. The summed E-state index contributed by atoms with van der Waals surface area (Å²) in [4.78, 5) is 24.9. The Labute approximate surface area is 152 Å². The van der Waals surface area contributed by atoms with Gasteiger partial charge < -0.3 is 14.5 Å². The van der Waals surface area contributed by atoms with Crippen molar-refractivity contribution in [3.05, 3.63) is 11.2 Å². The van der Waals surface area contributed by atoms with Gasteiger partial charge in [0.2, 0.25) is 0 Å². The van der Waals surface area contributed by atoms with Gasteiger partial charge in [-0.1, -0.05) is 23.4 Å². The standard InChI is InChI=1S/C16H25ClN4O2S/c1-16(2,3)23-15(22)21-8-6-7-11(21)10-20(4)13-9-12(17)18-14(19-13)24-5/h9,11H,6-8,10H2,1-5H3/t11-/m0/s1. The Balaban J connectivity index is 2.06. The maximum absolute atomic E-state index is 12.4. The number of hydrogen-bond donors (Lipinski definition) is 0. The first kappa shape index (κ1) is 19.1. The van der Waals surface area contributed by atoms with Gasteiger partial charge in [-0.15, -0.1) is 0 Å². The maximum Gasteiger partial charge on any atom is 0.410 e. The zero-order chi connectivity index (χ0) is 17.9. The third-order valence-corrected chi connectivity index (χ3v) is 4.47. The highest BCUT2D eigenvalue weighted by atomic mass is 35.5. The van der Waals surface area contributed by atoms with Crippen LogP contribution in [-0.4, -0.2) is 59.0 Å². The van der Waals surface area contributed by atoms with E-state index in [1.54, 1.807) is 6.07 Å². The number of rotatable bonds is 4. The van der Waals surface area contributed by atoms with Crippen molar-refractivity contribution in [2.45, 2.75) is 50.4 Å². The second-order valence-electron chi connectivity index (χ2n) is 6.89. The van der Waals surface area contributed by atoms with Crippen LogP contribution in [0.3, 0.4) is 0 Å². The molecule has 1 atom stereocenters. The van der Waals surface area contributed by atoms with Gasteiger partial charge >= 0.3 is 6.09 Å². The smallest absolute Gasteiger partial charge is 0.410 e. The summed E-state index contributed by atoms with van der Waals surface area (Å²) in [5, 5.41) is 1.06. The molecule has 0 aliphatic carbocycles. The molecule has 0 unspecified atom stereocenters. The topological polar surface area (TPSA) is 58.6 Å². The number of ether oxygens (including phenoxy) is 1. The van der Waals surface area contributed by atoms with Crippen LogP contribution in [0.4, 0.5) is 10.6 Å². The van der Waals surface area contributed by atoms with E-state index in [1.165, 1.54) is 11.8 Å². The van der Waals surface area contributed by atoms with Crippen molar-refractivity contribution >= 4 is 35.3 Å². The van der Waals surface area contributed by atoms with Crippen LogP contribution < -0.4 is 4.90 Å². The second-order valence-corrected chi connectivity index (χ2v) is 8.05. The average Bonchev–Trinajstić information content (AvgIpc) is 2.93. The number of amides is 1. The highest BCUT2D eigenvalue weighted by Crippen LogP contribution is 2.24. The molecule has 1 aromatic rings. The van der Waals surface area contributed by atoms with E-state index >= 15 is 0 Å². The number of thioether (sulfide) groups is 1. The van der Waals surface area contributed by atoms with Gasteiger partial charge in [0.05, 0.1) is 6.04 Å². The van der Waals surface area contributed by atoms with Gasteiger partial charge in [-0.25, -0.2) is 14.8 Å². The van der Waals surface area contributed by atoms with Crippen molar-refractivity contribution in [2.24, 2.45) is 0 Å². The molecule has 0 aromatic carbocycles. The van der Waals surface area contributed by atoms with Crippen LogP contribution in [0.25, 0.3) is 0 Å². The van der Waals surface area contributed by atoms with Crippen molar-refractivity contribution in [1.29, 1.82) is 0 Å². The summed E-state index contributed by atoms with van der Waals surface area (Å²) in [6.07, 6.45) is 3.61. The highest BCUT2D eigenvalue weighted by molar-refractivity contribution is 7.98. The lowest BCUT2D eigenvalue weighted by Gasteiger charge is -2.31. The molecule has 6 nitrogen and oxygen atoms in total. The van der Waals surface area contributed by atoms with E-state index in [-0.39, 0.29) is 12.1 Å². The van der Waals surface area contributed by atoms with Crippen LogP contribution in [0.1, 0.15) is 33.6 Å². The molecule has 1 fully saturated rings. The molecule has 2 rings (SSSR count). The first-order valence-electron chi connectivity index (χ1n) is 7.99. The van der Waals surface area contributed by atoms with Crippen LogP contribution in [0.15, 0.2) is 11.2 Å². The minimum Gasteiger partial charge on any atom is -0.444 e. The van der Waals surface area contributed by atoms with Crippen molar-refractivity contribution in [3.8, 4) is 0 Å². The van der Waals surface area contributed by atoms with E-state index in [0.717, 1.165) is 25.2 Å². The third-order valence-electron chi connectivity index (χ3n) is 3.72. The lowest BCUT2D eigenvalue weighted by molar-refractivity contribution is 0.0232. The summed E-state index contributed by atoms with van der Waals surface area (Å²) in [6, 6.07) is 1.85. The van der Waals surface area contributed by atoms with Crippen molar-refractivity contribution in [2.75, 3.05) is 31.3 Å². The maximum atomic E-state index is 12.4. The van der Waals surface area contributed by atoms with E-state index in [0.29, 0.717) is 16.9 Å². The zero-order valence-electron chi connectivity index (χ0n) is 14.9. The molecule has 8 heteroatoms. The number of hydrogen-bond acceptors (Lipinski definition) is 6. The van der Waals surface area contributed by atoms with Crippen LogP contribution in [0.5, 0.6) is 0 Å². The Morgan fingerprint density at radius 1 is 1.50 bits per heavy atom. The first-order valence-corrected chi connectivity index (χ1v) is 9.59. The van der Waals surface area contributed by atoms with Crippen molar-refractivity contribution < 1.29 is 9.53 Å². The van der Waals surface area contributed by atoms with Gasteiger partial charge in [-0.05, 0) is 39.9 Å². The molecule has 1 aromatic heterocycles. The Hall–Kier alpha value is -1.21. The molecule has 2 heterocycles. The Bertz CT molecular complexity index is 594. The number of likely N-dealkylation sites (tertiary alicyclic amines) is 1. The summed E-state index contributed by atoms with van der Waals surface area (Å²) in [6.45, 7) is 7.06. The molecule has 0 bridgehead atoms. The SMILES string of the molecule is CSc1nc(Cl)cc(N(C)C[C@@H]2CCCN2C(=O)OC(C)(C)C)n1. The number of anilines is 1. The van der Waals surface area contributed by atoms with Gasteiger partial charge in [-0.2, -0.15) is 0 Å². The van der Waals surface area contributed by atoms with E-state index in [9.17, 15) is 4.79 Å². The van der Waals surface area contributed by atoms with E-state index < -0.39 is 5.60 Å². The van der Waals surface area contributed by atoms with E-state index in [1.807, 2.05) is 43.9 Å². The van der Waals surface area contributed by atoms with E-state index in [2.05, 4.69) is 9.97 Å². The van der Waals surface area contributed by atoms with Crippen molar-refractivity contribution in [3.63, 3.8) is 0 Å². The minimum atomic E-state index is -0.483. The van der Waals surface area contributed by atoms with Crippen LogP contribution >= 0.6 is 23.4 Å². The summed E-state index contributed by atoms with van der Waals surface area (Å²) >= 11 is 7.52. The molecule has 134 valence electrons. The molecule has 0 radical (unpaired) electrons. The summed E-state index contributed by atoms with van der Waals surface area (Å²) in [7, 11) is 1.95. The van der Waals surface area contributed by atoms with Crippen LogP contribution in [0, 0.1) is 0 Å². The highest BCUT2D eigenvalue weighted by Gasteiger charge is 2.33. The molecular formula is C16H25ClN4O2S.